The number of ether oxygens (including phenoxy) is 1. The third-order valence-electron chi connectivity index (χ3n) is 3.53. The summed E-state index contributed by atoms with van der Waals surface area (Å²) in [6.45, 7) is 5.87. The minimum atomic E-state index is -0.581. The first-order valence-corrected chi connectivity index (χ1v) is 7.88. The third-order valence-corrected chi connectivity index (χ3v) is 3.53. The molecule has 3 rings (SSSR count). The second kappa shape index (κ2) is 6.40. The van der Waals surface area contributed by atoms with Gasteiger partial charge in [0.2, 0.25) is 5.82 Å². The maximum absolute atomic E-state index is 12.3. The van der Waals surface area contributed by atoms with Gasteiger partial charge in [0.1, 0.15) is 11.6 Å². The van der Waals surface area contributed by atoms with Gasteiger partial charge in [-0.05, 0) is 32.9 Å². The molecule has 7 heteroatoms. The maximum atomic E-state index is 12.3. The number of carbonyl (C=O) groups is 1. The minimum Gasteiger partial charge on any atom is -0.444 e. The first kappa shape index (κ1) is 16.7. The van der Waals surface area contributed by atoms with Gasteiger partial charge in [0.05, 0.1) is 11.6 Å². The smallest absolute Gasteiger partial charge is 0.411 e. The lowest BCUT2D eigenvalue weighted by molar-refractivity contribution is 0.0218. The molecular formula is C18H18N4O3. The van der Waals surface area contributed by atoms with Gasteiger partial charge in [-0.15, -0.1) is 0 Å². The molecule has 0 saturated carbocycles. The Labute approximate surface area is 145 Å². The molecule has 0 unspecified atom stereocenters. The summed E-state index contributed by atoms with van der Waals surface area (Å²) in [5.41, 5.74) is 0.613. The zero-order valence-electron chi connectivity index (χ0n) is 14.3. The summed E-state index contributed by atoms with van der Waals surface area (Å²) >= 11 is 0. The SMILES string of the molecule is CC(C)(C)OC(=O)N1CC=C[C@H]1c1nc(-c2cccc(C#N)c2)no1. The average molecular weight is 338 g/mol. The third kappa shape index (κ3) is 3.69. The lowest BCUT2D eigenvalue weighted by Gasteiger charge is -2.26. The Balaban J connectivity index is 1.82. The Morgan fingerprint density at radius 3 is 2.96 bits per heavy atom. The van der Waals surface area contributed by atoms with Gasteiger partial charge in [0, 0.05) is 12.1 Å². The van der Waals surface area contributed by atoms with Crippen LogP contribution in [0.15, 0.2) is 40.9 Å². The van der Waals surface area contributed by atoms with Gasteiger partial charge in [-0.3, -0.25) is 4.90 Å². The molecule has 1 aliphatic heterocycles. The number of aromatic nitrogens is 2. The lowest BCUT2D eigenvalue weighted by Crippen LogP contribution is -2.36. The summed E-state index contributed by atoms with van der Waals surface area (Å²) in [7, 11) is 0. The Hall–Kier alpha value is -3.14. The van der Waals surface area contributed by atoms with E-state index in [-0.39, 0.29) is 0 Å². The van der Waals surface area contributed by atoms with Crippen LogP contribution in [0.4, 0.5) is 4.79 Å². The van der Waals surface area contributed by atoms with Gasteiger partial charge < -0.3 is 9.26 Å². The van der Waals surface area contributed by atoms with Crippen molar-refractivity contribution >= 4 is 6.09 Å². The van der Waals surface area contributed by atoms with Gasteiger partial charge in [0.15, 0.2) is 0 Å². The van der Waals surface area contributed by atoms with Crippen LogP contribution in [0.25, 0.3) is 11.4 Å². The zero-order chi connectivity index (χ0) is 18.0. The van der Waals surface area contributed by atoms with E-state index in [0.717, 1.165) is 0 Å². The number of amides is 1. The molecule has 0 bridgehead atoms. The van der Waals surface area contributed by atoms with Crippen molar-refractivity contribution in [1.82, 2.24) is 15.0 Å². The van der Waals surface area contributed by atoms with Gasteiger partial charge in [-0.1, -0.05) is 29.4 Å². The van der Waals surface area contributed by atoms with Crippen LogP contribution in [0.2, 0.25) is 0 Å². The molecule has 0 radical (unpaired) electrons. The highest BCUT2D eigenvalue weighted by Gasteiger charge is 2.33. The second-order valence-corrected chi connectivity index (χ2v) is 6.65. The molecule has 1 aromatic carbocycles. The predicted octanol–water partition coefficient (Wildman–Crippen LogP) is 3.46. The normalized spacial score (nSPS) is 16.7. The van der Waals surface area contributed by atoms with Crippen LogP contribution >= 0.6 is 0 Å². The highest BCUT2D eigenvalue weighted by molar-refractivity contribution is 5.70. The van der Waals surface area contributed by atoms with Gasteiger partial charge in [-0.2, -0.15) is 10.2 Å². The van der Waals surface area contributed by atoms with Crippen LogP contribution in [0.1, 0.15) is 38.3 Å². The fourth-order valence-corrected chi connectivity index (χ4v) is 2.45. The topological polar surface area (TPSA) is 92.2 Å². The molecule has 1 amide bonds. The molecule has 7 nitrogen and oxygen atoms in total. The molecule has 2 aromatic rings. The van der Waals surface area contributed by atoms with E-state index in [9.17, 15) is 4.79 Å². The first-order valence-electron chi connectivity index (χ1n) is 7.88. The largest absolute Gasteiger partial charge is 0.444 e. The monoisotopic (exact) mass is 338 g/mol. The Morgan fingerprint density at radius 2 is 2.24 bits per heavy atom. The van der Waals surface area contributed by atoms with Crippen LogP contribution in [-0.2, 0) is 4.74 Å². The van der Waals surface area contributed by atoms with Crippen LogP contribution < -0.4 is 0 Å². The van der Waals surface area contributed by atoms with E-state index in [0.29, 0.717) is 29.4 Å². The minimum absolute atomic E-state index is 0.303. The number of carbonyl (C=O) groups excluding carboxylic acids is 1. The molecule has 0 fully saturated rings. The van der Waals surface area contributed by atoms with E-state index in [2.05, 4.69) is 16.2 Å². The number of benzene rings is 1. The van der Waals surface area contributed by atoms with Gasteiger partial charge in [-0.25, -0.2) is 4.79 Å². The number of hydrogen-bond donors (Lipinski definition) is 0. The number of rotatable bonds is 2. The van der Waals surface area contributed by atoms with Crippen molar-refractivity contribution in [3.8, 4) is 17.5 Å². The maximum Gasteiger partial charge on any atom is 0.411 e. The molecular weight excluding hydrogens is 320 g/mol. The predicted molar refractivity (Wildman–Crippen MR) is 89.3 cm³/mol. The van der Waals surface area contributed by atoms with Gasteiger partial charge >= 0.3 is 6.09 Å². The van der Waals surface area contributed by atoms with E-state index < -0.39 is 17.7 Å². The summed E-state index contributed by atoms with van der Waals surface area (Å²) in [6, 6.07) is 8.55. The van der Waals surface area contributed by atoms with Crippen LogP contribution in [0.3, 0.4) is 0 Å². The molecule has 1 atom stereocenters. The Morgan fingerprint density at radius 1 is 1.44 bits per heavy atom. The van der Waals surface area contributed by atoms with E-state index in [1.807, 2.05) is 32.9 Å². The van der Waals surface area contributed by atoms with Crippen LogP contribution in [0, 0.1) is 11.3 Å². The Kier molecular flexibility index (Phi) is 4.28. The summed E-state index contributed by atoms with van der Waals surface area (Å²) < 4.78 is 10.8. The molecule has 0 aliphatic carbocycles. The fourth-order valence-electron chi connectivity index (χ4n) is 2.45. The highest BCUT2D eigenvalue weighted by Crippen LogP contribution is 2.29. The number of nitriles is 1. The molecule has 0 spiro atoms. The highest BCUT2D eigenvalue weighted by atomic mass is 16.6. The van der Waals surface area contributed by atoms with Crippen molar-refractivity contribution < 1.29 is 14.1 Å². The molecule has 128 valence electrons. The molecule has 0 saturated heterocycles. The summed E-state index contributed by atoms with van der Waals surface area (Å²) in [6.07, 6.45) is 3.25. The van der Waals surface area contributed by atoms with Crippen molar-refractivity contribution in [2.24, 2.45) is 0 Å². The summed E-state index contributed by atoms with van der Waals surface area (Å²) in [5, 5.41) is 13.0. The fraction of sp³-hybridized carbons (Fsp3) is 0.333. The first-order chi connectivity index (χ1) is 11.9. The number of nitrogens with zero attached hydrogens (tertiary/aromatic N) is 4. The van der Waals surface area contributed by atoms with Gasteiger partial charge in [0.25, 0.3) is 5.89 Å². The molecule has 1 aliphatic rings. The van der Waals surface area contributed by atoms with Crippen LogP contribution in [0.5, 0.6) is 0 Å². The van der Waals surface area contributed by atoms with Crippen molar-refractivity contribution in [3.63, 3.8) is 0 Å². The van der Waals surface area contributed by atoms with Crippen molar-refractivity contribution in [2.45, 2.75) is 32.4 Å². The standard InChI is InChI=1S/C18H18N4O3/c1-18(2,3)24-17(23)22-9-5-8-14(22)16-20-15(21-25-16)13-7-4-6-12(10-13)11-19/h4-8,10,14H,9H2,1-3H3/t14-/m0/s1. The quantitative estimate of drug-likeness (QED) is 0.779. The zero-order valence-corrected chi connectivity index (χ0v) is 14.3. The van der Waals surface area contributed by atoms with Crippen LogP contribution in [-0.4, -0.2) is 33.3 Å². The summed E-state index contributed by atoms with van der Waals surface area (Å²) in [5.74, 6) is 0.675. The van der Waals surface area contributed by atoms with Crippen molar-refractivity contribution in [3.05, 3.63) is 47.9 Å². The van der Waals surface area contributed by atoms with E-state index in [4.69, 9.17) is 14.5 Å². The lowest BCUT2D eigenvalue weighted by atomic mass is 10.1. The molecule has 0 N–H and O–H groups in total. The van der Waals surface area contributed by atoms with E-state index in [1.54, 1.807) is 24.3 Å². The van der Waals surface area contributed by atoms with E-state index in [1.165, 1.54) is 4.90 Å². The van der Waals surface area contributed by atoms with Crippen molar-refractivity contribution in [2.75, 3.05) is 6.54 Å². The van der Waals surface area contributed by atoms with E-state index >= 15 is 0 Å². The molecule has 2 heterocycles. The molecule has 25 heavy (non-hydrogen) atoms. The second-order valence-electron chi connectivity index (χ2n) is 6.65. The Bertz CT molecular complexity index is 858. The average Bonchev–Trinajstić information content (AvgIpc) is 3.22. The van der Waals surface area contributed by atoms with Crippen molar-refractivity contribution in [1.29, 1.82) is 5.26 Å². The molecule has 1 aromatic heterocycles. The summed E-state index contributed by atoms with van der Waals surface area (Å²) in [4.78, 5) is 18.2. The number of hydrogen-bond acceptors (Lipinski definition) is 6.